The molecule has 4 N–H and O–H groups in total. The summed E-state index contributed by atoms with van der Waals surface area (Å²) in [6.07, 6.45) is 7.50. The van der Waals surface area contributed by atoms with Gasteiger partial charge in [0.15, 0.2) is 58.9 Å². The molecule has 0 aliphatic carbocycles. The SMILES string of the molecule is O=C(O)c1c(F)c(F)c(C(=O)O)c(F)c1F.O=C([O-])c1c(F)c(F)c(C(=O)[O-])c(F)c1F.c1cnc2c(c1)ccc1ccc[nH+]c12.c1cnc2c(c1)ccc1ccc[nH+]c12. The zero-order chi connectivity index (χ0) is 44.0. The first-order chi connectivity index (χ1) is 28.5. The van der Waals surface area contributed by atoms with E-state index in [1.54, 1.807) is 0 Å². The molecule has 0 aliphatic heterocycles. The Kier molecular flexibility index (Phi) is 12.9. The number of nitrogens with zero attached hydrogens (tertiary/aromatic N) is 2. The third-order valence-electron chi connectivity index (χ3n) is 8.18. The number of H-pyrrole nitrogens is 2. The van der Waals surface area contributed by atoms with Crippen molar-refractivity contribution >= 4 is 67.5 Å². The quantitative estimate of drug-likeness (QED) is 0.138. The molecule has 0 atom stereocenters. The zero-order valence-electron chi connectivity index (χ0n) is 29.5. The molecular weight excluding hydrogens is 816 g/mol. The number of hydrogen-bond donors (Lipinski definition) is 2. The van der Waals surface area contributed by atoms with E-state index in [2.05, 4.69) is 68.5 Å². The minimum Gasteiger partial charge on any atom is -0.545 e. The molecule has 8 aromatic rings. The van der Waals surface area contributed by atoms with Crippen LogP contribution in [0.4, 0.5) is 35.1 Å². The molecule has 0 unspecified atom stereocenters. The van der Waals surface area contributed by atoms with Crippen LogP contribution in [0, 0.1) is 46.5 Å². The number of aromatic nitrogens is 4. The van der Waals surface area contributed by atoms with Gasteiger partial charge in [0, 0.05) is 46.1 Å². The number of carbonyl (C=O) groups is 4. The summed E-state index contributed by atoms with van der Waals surface area (Å²) in [6, 6.07) is 24.6. The van der Waals surface area contributed by atoms with Gasteiger partial charge in [0.05, 0.1) is 23.1 Å². The van der Waals surface area contributed by atoms with Crippen molar-refractivity contribution in [2.24, 2.45) is 0 Å². The minimum atomic E-state index is -2.52. The van der Waals surface area contributed by atoms with Crippen LogP contribution >= 0.6 is 0 Å². The standard InChI is InChI=1S/2C12H8N2.2C8H2F4O4/c2*1-3-9-5-6-10-4-2-8-14-12(10)11(9)13-7-1;2*9-3-1(7(13)14)4(10)6(12)2(5(3)11)8(15)16/h2*1-8H;2*(H,13,14)(H,15,16). The number of carboxylic acids is 4. The molecule has 0 radical (unpaired) electrons. The van der Waals surface area contributed by atoms with E-state index in [-0.39, 0.29) is 0 Å². The van der Waals surface area contributed by atoms with Crippen LogP contribution in [0.1, 0.15) is 41.4 Å². The number of aromatic carboxylic acids is 4. The minimum absolute atomic E-state index is 1.03. The molecule has 0 bridgehead atoms. The molecule has 0 saturated carbocycles. The summed E-state index contributed by atoms with van der Waals surface area (Å²) in [4.78, 5) is 56.0. The lowest BCUT2D eigenvalue weighted by Crippen LogP contribution is -2.30. The summed E-state index contributed by atoms with van der Waals surface area (Å²) in [5.41, 5.74) is -3.51. The second-order valence-corrected chi connectivity index (χ2v) is 11.7. The maximum Gasteiger partial charge on any atom is 0.341 e. The maximum atomic E-state index is 12.9. The Morgan fingerprint density at radius 2 is 0.717 bits per heavy atom. The first kappa shape index (κ1) is 43.0. The Morgan fingerprint density at radius 3 is 1.02 bits per heavy atom. The number of nitrogens with one attached hydrogen (secondary N) is 2. The molecule has 0 aliphatic rings. The molecule has 0 amide bonds. The van der Waals surface area contributed by atoms with Crippen LogP contribution in [-0.4, -0.2) is 44.1 Å². The number of carboxylic acid groups (broad SMARTS) is 4. The van der Waals surface area contributed by atoms with Crippen LogP contribution in [-0.2, 0) is 0 Å². The predicted molar refractivity (Wildman–Crippen MR) is 187 cm³/mol. The number of halogens is 8. The van der Waals surface area contributed by atoms with E-state index in [4.69, 9.17) is 10.2 Å². The number of fused-ring (bicyclic) bond motifs is 6. The van der Waals surface area contributed by atoms with Gasteiger partial charge < -0.3 is 30.0 Å². The Morgan fingerprint density at radius 1 is 0.433 bits per heavy atom. The normalized spacial score (nSPS) is 10.5. The van der Waals surface area contributed by atoms with Gasteiger partial charge >= 0.3 is 11.9 Å². The van der Waals surface area contributed by atoms with Crippen LogP contribution in [0.2, 0.25) is 0 Å². The highest BCUT2D eigenvalue weighted by Gasteiger charge is 2.32. The first-order valence-electron chi connectivity index (χ1n) is 16.4. The van der Waals surface area contributed by atoms with Crippen molar-refractivity contribution < 1.29 is 84.7 Å². The van der Waals surface area contributed by atoms with E-state index in [9.17, 15) is 64.5 Å². The highest BCUT2D eigenvalue weighted by molar-refractivity contribution is 6.01. The van der Waals surface area contributed by atoms with Gasteiger partial charge in [0.1, 0.15) is 22.2 Å². The summed E-state index contributed by atoms with van der Waals surface area (Å²) >= 11 is 0. The lowest BCUT2D eigenvalue weighted by atomic mass is 10.1. The van der Waals surface area contributed by atoms with Crippen molar-refractivity contribution in [3.63, 3.8) is 0 Å². The van der Waals surface area contributed by atoms with Crippen molar-refractivity contribution in [2.45, 2.75) is 0 Å². The van der Waals surface area contributed by atoms with Crippen LogP contribution in [0.25, 0.3) is 43.6 Å². The molecule has 0 saturated heterocycles. The summed E-state index contributed by atoms with van der Waals surface area (Å²) < 4.78 is 103. The van der Waals surface area contributed by atoms with E-state index in [1.165, 1.54) is 21.5 Å². The molecule has 304 valence electrons. The highest BCUT2D eigenvalue weighted by Crippen LogP contribution is 2.25. The molecule has 60 heavy (non-hydrogen) atoms. The second-order valence-electron chi connectivity index (χ2n) is 11.7. The maximum absolute atomic E-state index is 12.9. The lowest BCUT2D eigenvalue weighted by Gasteiger charge is -2.12. The van der Waals surface area contributed by atoms with Gasteiger partial charge in [0.25, 0.3) is 0 Å². The Labute approximate surface area is 328 Å². The highest BCUT2D eigenvalue weighted by atomic mass is 19.2. The monoisotopic (exact) mass is 836 g/mol. The van der Waals surface area contributed by atoms with E-state index >= 15 is 0 Å². The molecule has 12 nitrogen and oxygen atoms in total. The molecule has 20 heteroatoms. The second kappa shape index (κ2) is 18.0. The fourth-order valence-electron chi connectivity index (χ4n) is 5.47. The topological polar surface area (TPSA) is 209 Å². The largest absolute Gasteiger partial charge is 0.545 e. The van der Waals surface area contributed by atoms with Gasteiger partial charge in [-0.2, -0.15) is 0 Å². The Bertz CT molecular complexity index is 2570. The molecule has 0 fully saturated rings. The molecular formula is C40H20F8N4O8. The van der Waals surface area contributed by atoms with Gasteiger partial charge in [-0.3, -0.25) is 0 Å². The number of hydrogen-bond acceptors (Lipinski definition) is 8. The van der Waals surface area contributed by atoms with Crippen molar-refractivity contribution in [3.8, 4) is 0 Å². The van der Waals surface area contributed by atoms with E-state index in [1.807, 2.05) is 49.1 Å². The number of pyridine rings is 4. The fourth-order valence-corrected chi connectivity index (χ4v) is 5.47. The number of benzene rings is 4. The molecule has 8 rings (SSSR count). The third-order valence-corrected chi connectivity index (χ3v) is 8.18. The Balaban J connectivity index is 0.000000152. The summed E-state index contributed by atoms with van der Waals surface area (Å²) in [7, 11) is 0. The van der Waals surface area contributed by atoms with Crippen molar-refractivity contribution in [3.05, 3.63) is 166 Å². The van der Waals surface area contributed by atoms with Gasteiger partial charge in [-0.25, -0.2) is 64.6 Å². The van der Waals surface area contributed by atoms with Crippen molar-refractivity contribution in [1.29, 1.82) is 0 Å². The molecule has 4 heterocycles. The van der Waals surface area contributed by atoms with Crippen LogP contribution in [0.3, 0.4) is 0 Å². The van der Waals surface area contributed by atoms with E-state index < -0.39 is 92.7 Å². The van der Waals surface area contributed by atoms with E-state index in [0.29, 0.717) is 0 Å². The van der Waals surface area contributed by atoms with Gasteiger partial charge in [-0.05, 0) is 36.4 Å². The van der Waals surface area contributed by atoms with Crippen molar-refractivity contribution in [2.75, 3.05) is 0 Å². The molecule has 4 aromatic carbocycles. The first-order valence-corrected chi connectivity index (χ1v) is 16.4. The number of rotatable bonds is 4. The van der Waals surface area contributed by atoms with E-state index in [0.717, 1.165) is 22.1 Å². The molecule has 0 spiro atoms. The van der Waals surface area contributed by atoms with Crippen LogP contribution < -0.4 is 20.2 Å². The molecule has 4 aromatic heterocycles. The van der Waals surface area contributed by atoms with Crippen LogP contribution in [0.5, 0.6) is 0 Å². The lowest BCUT2D eigenvalue weighted by molar-refractivity contribution is -0.343. The third kappa shape index (κ3) is 8.56. The van der Waals surface area contributed by atoms with Crippen molar-refractivity contribution in [1.82, 2.24) is 9.97 Å². The van der Waals surface area contributed by atoms with Gasteiger partial charge in [-0.15, -0.1) is 0 Å². The summed E-state index contributed by atoms with van der Waals surface area (Å²) in [6.45, 7) is 0. The smallest absolute Gasteiger partial charge is 0.341 e. The van der Waals surface area contributed by atoms with Gasteiger partial charge in [-0.1, -0.05) is 24.3 Å². The number of carbonyl (C=O) groups excluding carboxylic acids is 2. The zero-order valence-corrected chi connectivity index (χ0v) is 29.5. The number of aromatic amines is 2. The Hall–Kier alpha value is -8.16. The summed E-state index contributed by atoms with van der Waals surface area (Å²) in [5, 5.41) is 41.5. The fraction of sp³-hybridized carbons (Fsp3) is 0. The predicted octanol–water partition coefficient (Wildman–Crippen LogP) is 5.01. The average Bonchev–Trinajstić information content (AvgIpc) is 3.22. The van der Waals surface area contributed by atoms with Gasteiger partial charge in [0.2, 0.25) is 11.0 Å². The summed E-state index contributed by atoms with van der Waals surface area (Å²) in [5.74, 6) is -28.0. The average molecular weight is 837 g/mol. The van der Waals surface area contributed by atoms with Crippen LogP contribution in [0.15, 0.2) is 97.6 Å².